The molecule has 0 bridgehead atoms. The second kappa shape index (κ2) is 6.83. The molecule has 146 valence electrons. The van der Waals surface area contributed by atoms with Crippen molar-refractivity contribution in [2.24, 2.45) is 0 Å². The third kappa shape index (κ3) is 2.87. The lowest BCUT2D eigenvalue weighted by Crippen LogP contribution is -2.39. The molecule has 0 radical (unpaired) electrons. The second-order valence-corrected chi connectivity index (χ2v) is 9.34. The molecule has 1 N–H and O–H groups in total. The van der Waals surface area contributed by atoms with E-state index < -0.39 is 15.3 Å². The molecule has 2 aromatic carbocycles. The number of aromatic nitrogens is 2. The average molecular weight is 404 g/mol. The smallest absolute Gasteiger partial charge is 0.249 e. The van der Waals surface area contributed by atoms with E-state index in [0.29, 0.717) is 22.5 Å². The van der Waals surface area contributed by atoms with Gasteiger partial charge in [-0.15, -0.1) is 6.58 Å². The van der Waals surface area contributed by atoms with E-state index in [1.165, 1.54) is 15.6 Å². The number of para-hydroxylation sites is 1. The molecule has 0 amide bonds. The average Bonchev–Trinajstić information content (AvgIpc) is 3.11. The van der Waals surface area contributed by atoms with Gasteiger partial charge < -0.3 is 5.32 Å². The van der Waals surface area contributed by atoms with E-state index in [0.717, 1.165) is 23.9 Å². The lowest BCUT2D eigenvalue weighted by atomic mass is 9.93. The van der Waals surface area contributed by atoms with Crippen LogP contribution in [-0.2, 0) is 10.0 Å². The molecular formula is C23H21N3O2S. The Bertz CT molecular complexity index is 1330. The van der Waals surface area contributed by atoms with Crippen molar-refractivity contribution in [3.8, 4) is 0 Å². The summed E-state index contributed by atoms with van der Waals surface area (Å²) in [6.07, 6.45) is 4.80. The zero-order valence-corrected chi connectivity index (χ0v) is 16.6. The monoisotopic (exact) mass is 403 g/mol. The summed E-state index contributed by atoms with van der Waals surface area (Å²) in [4.78, 5) is 4.43. The number of nitrogens with zero attached hydrogens (tertiary/aromatic N) is 2. The summed E-state index contributed by atoms with van der Waals surface area (Å²) in [5.41, 5.74) is 3.24. The predicted octanol–water partition coefficient (Wildman–Crippen LogP) is 3.98. The van der Waals surface area contributed by atoms with Crippen LogP contribution in [0.4, 0.5) is 0 Å². The highest BCUT2D eigenvalue weighted by atomic mass is 32.2. The highest BCUT2D eigenvalue weighted by Gasteiger charge is 2.29. The van der Waals surface area contributed by atoms with Crippen LogP contribution in [0.25, 0.3) is 21.8 Å². The first-order chi connectivity index (χ1) is 14.1. The van der Waals surface area contributed by atoms with E-state index >= 15 is 0 Å². The van der Waals surface area contributed by atoms with E-state index in [1.807, 2.05) is 48.5 Å². The first kappa shape index (κ1) is 18.1. The topological polar surface area (TPSA) is 64.0 Å². The lowest BCUT2D eigenvalue weighted by Gasteiger charge is -2.27. The quantitative estimate of drug-likeness (QED) is 0.512. The van der Waals surface area contributed by atoms with Gasteiger partial charge in [0.1, 0.15) is 5.25 Å². The van der Waals surface area contributed by atoms with Gasteiger partial charge in [-0.05, 0) is 29.8 Å². The summed E-state index contributed by atoms with van der Waals surface area (Å²) in [7, 11) is -3.76. The summed E-state index contributed by atoms with van der Waals surface area (Å²) in [6, 6.07) is 17.3. The summed E-state index contributed by atoms with van der Waals surface area (Å²) >= 11 is 0. The first-order valence-electron chi connectivity index (χ1n) is 9.62. The number of fused-ring (bicyclic) bond motifs is 2. The van der Waals surface area contributed by atoms with Gasteiger partial charge in [-0.2, -0.15) is 0 Å². The Hall–Kier alpha value is -2.96. The van der Waals surface area contributed by atoms with Gasteiger partial charge in [0, 0.05) is 47.7 Å². The summed E-state index contributed by atoms with van der Waals surface area (Å²) < 4.78 is 28.6. The molecule has 2 aromatic heterocycles. The molecule has 0 saturated carbocycles. The van der Waals surface area contributed by atoms with E-state index in [9.17, 15) is 8.42 Å². The fourth-order valence-electron chi connectivity index (χ4n) is 4.02. The van der Waals surface area contributed by atoms with Crippen LogP contribution in [0.1, 0.15) is 22.3 Å². The molecule has 1 atom stereocenters. The van der Waals surface area contributed by atoms with E-state index in [4.69, 9.17) is 0 Å². The minimum Gasteiger partial charge on any atom is -0.315 e. The van der Waals surface area contributed by atoms with Crippen LogP contribution in [0.3, 0.4) is 0 Å². The van der Waals surface area contributed by atoms with Crippen LogP contribution in [0.15, 0.2) is 79.6 Å². The molecule has 5 rings (SSSR count). The van der Waals surface area contributed by atoms with Crippen LogP contribution in [0.2, 0.25) is 0 Å². The van der Waals surface area contributed by atoms with E-state index in [2.05, 4.69) is 22.9 Å². The first-order valence-corrected chi connectivity index (χ1v) is 11.1. The minimum atomic E-state index is -3.76. The fraction of sp³-hybridized carbons (Fsp3) is 0.174. The van der Waals surface area contributed by atoms with Gasteiger partial charge in [-0.25, -0.2) is 12.4 Å². The van der Waals surface area contributed by atoms with Gasteiger partial charge in [0.15, 0.2) is 0 Å². The molecule has 1 fully saturated rings. The maximum absolute atomic E-state index is 13.6. The lowest BCUT2D eigenvalue weighted by molar-refractivity contribution is 0.449. The van der Waals surface area contributed by atoms with Crippen molar-refractivity contribution in [3.63, 3.8) is 0 Å². The van der Waals surface area contributed by atoms with Crippen LogP contribution >= 0.6 is 0 Å². The third-order valence-corrected chi connectivity index (χ3v) is 7.67. The Balaban J connectivity index is 1.63. The molecule has 5 nitrogen and oxygen atoms in total. The maximum Gasteiger partial charge on any atom is 0.249 e. The van der Waals surface area contributed by atoms with Crippen molar-refractivity contribution in [2.75, 3.05) is 13.1 Å². The summed E-state index contributed by atoms with van der Waals surface area (Å²) in [5, 5.41) is 4.21. The molecule has 0 spiro atoms. The van der Waals surface area contributed by atoms with Crippen molar-refractivity contribution in [3.05, 3.63) is 90.8 Å². The van der Waals surface area contributed by atoms with Crippen molar-refractivity contribution >= 4 is 31.8 Å². The van der Waals surface area contributed by atoms with Gasteiger partial charge in [-0.3, -0.25) is 4.98 Å². The Kier molecular flexibility index (Phi) is 4.26. The third-order valence-electron chi connectivity index (χ3n) is 5.71. The maximum atomic E-state index is 13.6. The van der Waals surface area contributed by atoms with Crippen LogP contribution in [0, 0.1) is 0 Å². The van der Waals surface area contributed by atoms with Crippen molar-refractivity contribution in [1.82, 2.24) is 14.3 Å². The zero-order valence-electron chi connectivity index (χ0n) is 15.8. The molecule has 6 heteroatoms. The van der Waals surface area contributed by atoms with Gasteiger partial charge in [0.05, 0.1) is 11.0 Å². The zero-order chi connectivity index (χ0) is 20.0. The molecule has 1 unspecified atom stereocenters. The Morgan fingerprint density at radius 3 is 2.69 bits per heavy atom. The molecule has 1 aliphatic rings. The highest BCUT2D eigenvalue weighted by molar-refractivity contribution is 7.90. The Morgan fingerprint density at radius 2 is 1.93 bits per heavy atom. The Labute approximate surface area is 169 Å². The molecule has 29 heavy (non-hydrogen) atoms. The van der Waals surface area contributed by atoms with Gasteiger partial charge in [0.2, 0.25) is 10.0 Å². The van der Waals surface area contributed by atoms with Gasteiger partial charge in [-0.1, -0.05) is 36.4 Å². The molecule has 1 saturated heterocycles. The number of nitrogens with one attached hydrogen (secondary N) is 1. The van der Waals surface area contributed by atoms with Gasteiger partial charge in [0.25, 0.3) is 0 Å². The number of hydrogen-bond acceptors (Lipinski definition) is 4. The van der Waals surface area contributed by atoms with Crippen molar-refractivity contribution in [1.29, 1.82) is 0 Å². The predicted molar refractivity (Wildman–Crippen MR) is 117 cm³/mol. The Morgan fingerprint density at radius 1 is 1.10 bits per heavy atom. The van der Waals surface area contributed by atoms with E-state index in [-0.39, 0.29) is 0 Å². The second-order valence-electron chi connectivity index (χ2n) is 7.41. The SMILES string of the molecule is C=CC(c1cccc2cccnc12)S(=O)(=O)n1ccc2cc(C3CNC3)ccc21. The van der Waals surface area contributed by atoms with Crippen LogP contribution in [0.5, 0.6) is 0 Å². The largest absolute Gasteiger partial charge is 0.315 e. The molecule has 3 heterocycles. The number of rotatable bonds is 5. The minimum absolute atomic E-state index is 0.502. The molecule has 1 aliphatic heterocycles. The number of hydrogen-bond donors (Lipinski definition) is 1. The van der Waals surface area contributed by atoms with Gasteiger partial charge >= 0.3 is 0 Å². The molecule has 0 aliphatic carbocycles. The fourth-order valence-corrected chi connectivity index (χ4v) is 5.69. The van der Waals surface area contributed by atoms with Crippen LogP contribution < -0.4 is 5.32 Å². The standard InChI is InChI=1S/C23H21N3O2S/c1-2-22(20-7-3-5-16-6-4-11-25-23(16)20)29(27,28)26-12-10-18-13-17(8-9-21(18)26)19-14-24-15-19/h2-13,19,22,24H,1,14-15H2. The summed E-state index contributed by atoms with van der Waals surface area (Å²) in [5.74, 6) is 0.502. The van der Waals surface area contributed by atoms with E-state index in [1.54, 1.807) is 12.4 Å². The highest BCUT2D eigenvalue weighted by Crippen LogP contribution is 2.33. The van der Waals surface area contributed by atoms with Crippen molar-refractivity contribution < 1.29 is 8.42 Å². The van der Waals surface area contributed by atoms with Crippen molar-refractivity contribution in [2.45, 2.75) is 11.2 Å². The summed E-state index contributed by atoms with van der Waals surface area (Å²) in [6.45, 7) is 5.77. The molecule has 4 aromatic rings. The molecular weight excluding hydrogens is 382 g/mol. The normalized spacial score (nSPS) is 16.0. The van der Waals surface area contributed by atoms with Crippen LogP contribution in [-0.4, -0.2) is 30.5 Å². The number of benzene rings is 2. The number of pyridine rings is 1.